The largest absolute Gasteiger partial charge is 0.486 e. The fraction of sp³-hybridized carbons (Fsp3) is 0.250. The van der Waals surface area contributed by atoms with Crippen LogP contribution in [-0.4, -0.2) is 26.3 Å². The van der Waals surface area contributed by atoms with Gasteiger partial charge in [-0.05, 0) is 55.8 Å². The van der Waals surface area contributed by atoms with Gasteiger partial charge in [-0.1, -0.05) is 35.5 Å². The molecule has 1 heterocycles. The maximum Gasteiger partial charge on any atom is 0.191 e. The zero-order chi connectivity index (χ0) is 19.2. The number of carbonyl (C=O) groups is 1. The standard InChI is InChI=1S/C20H20ClN3O2S/c1-3-24-19(12-26-17-6-4-5-14(2)11-17)22-23-20(24)27-13-18(25)15-7-9-16(21)10-8-15/h4-11H,3,12-13H2,1-2H3. The van der Waals surface area contributed by atoms with Gasteiger partial charge in [0.05, 0.1) is 5.75 Å². The van der Waals surface area contributed by atoms with Crippen molar-refractivity contribution >= 4 is 29.1 Å². The molecule has 0 radical (unpaired) electrons. The number of ketones is 1. The van der Waals surface area contributed by atoms with Gasteiger partial charge in [0.1, 0.15) is 12.4 Å². The Morgan fingerprint density at radius 1 is 1.19 bits per heavy atom. The Morgan fingerprint density at radius 2 is 1.96 bits per heavy atom. The lowest BCUT2D eigenvalue weighted by Gasteiger charge is -2.09. The van der Waals surface area contributed by atoms with Crippen molar-refractivity contribution in [3.05, 3.63) is 70.5 Å². The SMILES string of the molecule is CCn1c(COc2cccc(C)c2)nnc1SCC(=O)c1ccc(Cl)cc1. The summed E-state index contributed by atoms with van der Waals surface area (Å²) in [6.07, 6.45) is 0. The zero-order valence-corrected chi connectivity index (χ0v) is 16.8. The van der Waals surface area contributed by atoms with Crippen molar-refractivity contribution in [2.75, 3.05) is 5.75 Å². The second-order valence-corrected chi connectivity index (χ2v) is 7.35. The molecule has 3 rings (SSSR count). The van der Waals surface area contributed by atoms with Gasteiger partial charge in [-0.25, -0.2) is 0 Å². The predicted molar refractivity (Wildman–Crippen MR) is 108 cm³/mol. The Labute approximate surface area is 167 Å². The normalized spacial score (nSPS) is 10.8. The number of ether oxygens (including phenoxy) is 1. The molecular formula is C20H20ClN3O2S. The summed E-state index contributed by atoms with van der Waals surface area (Å²) in [5.41, 5.74) is 1.78. The molecule has 0 unspecified atom stereocenters. The maximum absolute atomic E-state index is 12.3. The van der Waals surface area contributed by atoms with E-state index in [1.807, 2.05) is 42.7 Å². The molecule has 0 aliphatic rings. The minimum absolute atomic E-state index is 0.0277. The first-order valence-electron chi connectivity index (χ1n) is 8.60. The van der Waals surface area contributed by atoms with Crippen molar-refractivity contribution in [2.24, 2.45) is 0 Å². The molecule has 0 saturated heterocycles. The number of rotatable bonds is 8. The summed E-state index contributed by atoms with van der Waals surface area (Å²) in [5.74, 6) is 1.85. The van der Waals surface area contributed by atoms with Crippen LogP contribution in [0.2, 0.25) is 5.02 Å². The summed E-state index contributed by atoms with van der Waals surface area (Å²) in [6, 6.07) is 14.8. The van der Waals surface area contributed by atoms with Crippen molar-refractivity contribution in [1.82, 2.24) is 14.8 Å². The molecule has 1 aromatic heterocycles. The van der Waals surface area contributed by atoms with E-state index in [9.17, 15) is 4.79 Å². The molecule has 0 spiro atoms. The number of carbonyl (C=O) groups excluding carboxylic acids is 1. The highest BCUT2D eigenvalue weighted by Gasteiger charge is 2.14. The third-order valence-electron chi connectivity index (χ3n) is 3.97. The van der Waals surface area contributed by atoms with Gasteiger partial charge in [0, 0.05) is 17.1 Å². The van der Waals surface area contributed by atoms with Gasteiger partial charge in [0.25, 0.3) is 0 Å². The van der Waals surface area contributed by atoms with E-state index in [-0.39, 0.29) is 5.78 Å². The summed E-state index contributed by atoms with van der Waals surface area (Å²) in [5, 5.41) is 9.77. The fourth-order valence-electron chi connectivity index (χ4n) is 2.55. The maximum atomic E-state index is 12.3. The van der Waals surface area contributed by atoms with Crippen molar-refractivity contribution in [3.8, 4) is 5.75 Å². The minimum atomic E-state index is 0.0277. The summed E-state index contributed by atoms with van der Waals surface area (Å²) in [6.45, 7) is 5.07. The number of aromatic nitrogens is 3. The van der Waals surface area contributed by atoms with Crippen LogP contribution >= 0.6 is 23.4 Å². The van der Waals surface area contributed by atoms with E-state index in [1.54, 1.807) is 24.3 Å². The van der Waals surface area contributed by atoms with Gasteiger partial charge >= 0.3 is 0 Å². The number of hydrogen-bond donors (Lipinski definition) is 0. The highest BCUT2D eigenvalue weighted by molar-refractivity contribution is 7.99. The molecule has 5 nitrogen and oxygen atoms in total. The molecule has 0 fully saturated rings. The molecule has 0 aliphatic heterocycles. The lowest BCUT2D eigenvalue weighted by Crippen LogP contribution is -2.08. The Hall–Kier alpha value is -2.31. The Kier molecular flexibility index (Phi) is 6.53. The summed E-state index contributed by atoms with van der Waals surface area (Å²) >= 11 is 7.24. The van der Waals surface area contributed by atoms with E-state index in [4.69, 9.17) is 16.3 Å². The van der Waals surface area contributed by atoms with Gasteiger partial charge in [-0.2, -0.15) is 0 Å². The van der Waals surface area contributed by atoms with Crippen LogP contribution in [0, 0.1) is 6.92 Å². The molecule has 3 aromatic rings. The average Bonchev–Trinajstić information content (AvgIpc) is 3.07. The minimum Gasteiger partial charge on any atom is -0.486 e. The number of thioether (sulfide) groups is 1. The molecule has 27 heavy (non-hydrogen) atoms. The molecule has 2 aromatic carbocycles. The topological polar surface area (TPSA) is 57.0 Å². The van der Waals surface area contributed by atoms with Crippen molar-refractivity contribution < 1.29 is 9.53 Å². The van der Waals surface area contributed by atoms with E-state index in [0.717, 1.165) is 17.1 Å². The van der Waals surface area contributed by atoms with Crippen LogP contribution < -0.4 is 4.74 Å². The molecule has 140 valence electrons. The third-order valence-corrected chi connectivity index (χ3v) is 5.18. The predicted octanol–water partition coefficient (Wildman–Crippen LogP) is 4.81. The number of aryl methyl sites for hydroxylation is 1. The van der Waals surface area contributed by atoms with E-state index < -0.39 is 0 Å². The summed E-state index contributed by atoms with van der Waals surface area (Å²) < 4.78 is 7.79. The first-order chi connectivity index (χ1) is 13.1. The van der Waals surface area contributed by atoms with E-state index >= 15 is 0 Å². The molecule has 0 bridgehead atoms. The van der Waals surface area contributed by atoms with Crippen LogP contribution in [0.15, 0.2) is 53.7 Å². The molecule has 0 aliphatic carbocycles. The first kappa shape index (κ1) is 19.5. The highest BCUT2D eigenvalue weighted by Crippen LogP contribution is 2.21. The van der Waals surface area contributed by atoms with Crippen LogP contribution in [0.4, 0.5) is 0 Å². The smallest absolute Gasteiger partial charge is 0.191 e. The van der Waals surface area contributed by atoms with E-state index in [0.29, 0.717) is 34.6 Å². The molecule has 0 N–H and O–H groups in total. The monoisotopic (exact) mass is 401 g/mol. The average molecular weight is 402 g/mol. The molecule has 0 amide bonds. The van der Waals surface area contributed by atoms with Gasteiger partial charge in [0.2, 0.25) is 0 Å². The number of nitrogens with zero attached hydrogens (tertiary/aromatic N) is 3. The molecule has 7 heteroatoms. The van der Waals surface area contributed by atoms with Gasteiger partial charge in [-0.3, -0.25) is 4.79 Å². The number of benzene rings is 2. The second kappa shape index (κ2) is 9.06. The first-order valence-corrected chi connectivity index (χ1v) is 9.96. The van der Waals surface area contributed by atoms with E-state index in [2.05, 4.69) is 10.2 Å². The molecule has 0 atom stereocenters. The summed E-state index contributed by atoms with van der Waals surface area (Å²) in [7, 11) is 0. The van der Waals surface area contributed by atoms with Crippen LogP contribution in [0.25, 0.3) is 0 Å². The van der Waals surface area contributed by atoms with Crippen LogP contribution in [0.5, 0.6) is 5.75 Å². The fourth-order valence-corrected chi connectivity index (χ4v) is 3.59. The zero-order valence-electron chi connectivity index (χ0n) is 15.2. The summed E-state index contributed by atoms with van der Waals surface area (Å²) in [4.78, 5) is 12.3. The lowest BCUT2D eigenvalue weighted by molar-refractivity contribution is 0.102. The van der Waals surface area contributed by atoms with Crippen molar-refractivity contribution in [2.45, 2.75) is 32.2 Å². The van der Waals surface area contributed by atoms with E-state index in [1.165, 1.54) is 11.8 Å². The molecule has 0 saturated carbocycles. The quantitative estimate of drug-likeness (QED) is 0.400. The third kappa shape index (κ3) is 5.11. The lowest BCUT2D eigenvalue weighted by atomic mass is 10.1. The Balaban J connectivity index is 1.63. The number of hydrogen-bond acceptors (Lipinski definition) is 5. The van der Waals surface area contributed by atoms with Gasteiger partial charge in [-0.15, -0.1) is 10.2 Å². The van der Waals surface area contributed by atoms with Crippen LogP contribution in [-0.2, 0) is 13.2 Å². The highest BCUT2D eigenvalue weighted by atomic mass is 35.5. The Bertz CT molecular complexity index is 925. The molecular weight excluding hydrogens is 382 g/mol. The number of Topliss-reactive ketones (excluding diaryl/α,β-unsaturated/α-hetero) is 1. The Morgan fingerprint density at radius 3 is 2.67 bits per heavy atom. The van der Waals surface area contributed by atoms with Crippen LogP contribution in [0.3, 0.4) is 0 Å². The van der Waals surface area contributed by atoms with Crippen molar-refractivity contribution in [3.63, 3.8) is 0 Å². The van der Waals surface area contributed by atoms with Crippen molar-refractivity contribution in [1.29, 1.82) is 0 Å². The number of halogens is 1. The second-order valence-electron chi connectivity index (χ2n) is 5.97. The van der Waals surface area contributed by atoms with Gasteiger partial charge in [0.15, 0.2) is 16.8 Å². The van der Waals surface area contributed by atoms with Gasteiger partial charge < -0.3 is 9.30 Å². The van der Waals surface area contributed by atoms with Crippen LogP contribution in [0.1, 0.15) is 28.7 Å².